The lowest BCUT2D eigenvalue weighted by atomic mass is 9.99. The molecule has 0 N–H and O–H groups in total. The minimum absolute atomic E-state index is 0.285. The summed E-state index contributed by atoms with van der Waals surface area (Å²) in [7, 11) is 0. The van der Waals surface area contributed by atoms with Gasteiger partial charge in [-0.3, -0.25) is 0 Å². The Hall–Kier alpha value is -0.490. The Morgan fingerprint density at radius 3 is 2.27 bits per heavy atom. The zero-order valence-electron chi connectivity index (χ0n) is 6.39. The Bertz CT molecular complexity index is 213. The molecule has 0 amide bonds. The molecular formula is C10H11Cl. The van der Waals surface area contributed by atoms with Crippen molar-refractivity contribution in [2.45, 2.75) is 12.3 Å². The van der Waals surface area contributed by atoms with Crippen LogP contribution < -0.4 is 0 Å². The molecule has 1 aromatic rings. The first-order valence-corrected chi connectivity index (χ1v) is 3.99. The normalized spacial score (nSPS) is 13.0. The number of hydrogen-bond acceptors (Lipinski definition) is 0. The number of rotatable bonds is 2. The molecule has 1 aromatic carbocycles. The first kappa shape index (κ1) is 8.61. The molecule has 1 rings (SSSR count). The van der Waals surface area contributed by atoms with E-state index in [1.54, 1.807) is 0 Å². The fraction of sp³-hybridized carbons (Fsp3) is 0.200. The predicted molar refractivity (Wildman–Crippen MR) is 49.5 cm³/mol. The van der Waals surface area contributed by atoms with Gasteiger partial charge >= 0.3 is 0 Å². The summed E-state index contributed by atoms with van der Waals surface area (Å²) < 4.78 is 0. The molecule has 58 valence electrons. The molecule has 0 saturated heterocycles. The Labute approximate surface area is 73.2 Å². The van der Waals surface area contributed by atoms with Gasteiger partial charge < -0.3 is 0 Å². The highest BCUT2D eigenvalue weighted by atomic mass is 35.5. The fourth-order valence-corrected chi connectivity index (χ4v) is 1.03. The Kier molecular flexibility index (Phi) is 2.95. The van der Waals surface area contributed by atoms with Crippen molar-refractivity contribution in [3.05, 3.63) is 48.7 Å². The molecule has 2 radical (unpaired) electrons. The van der Waals surface area contributed by atoms with E-state index in [9.17, 15) is 0 Å². The second-order valence-corrected chi connectivity index (χ2v) is 2.97. The largest absolute Gasteiger partial charge is 0.0843 e. The summed E-state index contributed by atoms with van der Waals surface area (Å²) in [6.07, 6.45) is 0.821. The van der Waals surface area contributed by atoms with E-state index in [0.29, 0.717) is 0 Å². The quantitative estimate of drug-likeness (QED) is 0.631. The molecule has 0 heterocycles. The van der Waals surface area contributed by atoms with Gasteiger partial charge in [0, 0.05) is 5.02 Å². The molecule has 0 aliphatic rings. The molecule has 0 spiro atoms. The monoisotopic (exact) mass is 166 g/mol. The molecule has 0 saturated carbocycles. The van der Waals surface area contributed by atoms with Crippen molar-refractivity contribution >= 4 is 11.6 Å². The SMILES string of the molecule is [CH2]CC([CH2])c1ccc(Cl)cc1. The summed E-state index contributed by atoms with van der Waals surface area (Å²) in [5, 5.41) is 0.769. The van der Waals surface area contributed by atoms with Crippen LogP contribution >= 0.6 is 11.6 Å². The van der Waals surface area contributed by atoms with Gasteiger partial charge in [0.15, 0.2) is 0 Å². The zero-order chi connectivity index (χ0) is 8.27. The van der Waals surface area contributed by atoms with E-state index in [1.165, 1.54) is 5.56 Å². The van der Waals surface area contributed by atoms with Gasteiger partial charge in [-0.25, -0.2) is 0 Å². The molecule has 0 aliphatic heterocycles. The van der Waals surface area contributed by atoms with Gasteiger partial charge in [-0.1, -0.05) is 30.7 Å². The molecule has 1 atom stereocenters. The van der Waals surface area contributed by atoms with Crippen molar-refractivity contribution < 1.29 is 0 Å². The van der Waals surface area contributed by atoms with Gasteiger partial charge in [0.05, 0.1) is 0 Å². The van der Waals surface area contributed by atoms with E-state index < -0.39 is 0 Å². The van der Waals surface area contributed by atoms with Gasteiger partial charge in [0.2, 0.25) is 0 Å². The van der Waals surface area contributed by atoms with E-state index in [4.69, 9.17) is 11.6 Å². The maximum atomic E-state index is 5.72. The average molecular weight is 167 g/mol. The van der Waals surface area contributed by atoms with E-state index in [1.807, 2.05) is 24.3 Å². The third-order valence-electron chi connectivity index (χ3n) is 1.69. The summed E-state index contributed by atoms with van der Waals surface area (Å²) in [6.45, 7) is 7.74. The first-order chi connectivity index (χ1) is 5.24. The summed E-state index contributed by atoms with van der Waals surface area (Å²) in [5.74, 6) is 0.285. The van der Waals surface area contributed by atoms with Crippen LogP contribution in [-0.4, -0.2) is 0 Å². The lowest BCUT2D eigenvalue weighted by Gasteiger charge is -2.07. The van der Waals surface area contributed by atoms with Crippen molar-refractivity contribution in [1.29, 1.82) is 0 Å². The van der Waals surface area contributed by atoms with Crippen LogP contribution in [0.2, 0.25) is 5.02 Å². The van der Waals surface area contributed by atoms with Crippen molar-refractivity contribution in [3.8, 4) is 0 Å². The van der Waals surface area contributed by atoms with E-state index >= 15 is 0 Å². The standard InChI is InChI=1S/C10H11Cl/c1-3-8(2)9-4-6-10(11)7-5-9/h4-8H,1-3H2. The maximum Gasteiger partial charge on any atom is 0.0406 e. The van der Waals surface area contributed by atoms with Crippen LogP contribution in [0.25, 0.3) is 0 Å². The Balaban J connectivity index is 2.81. The number of hydrogen-bond donors (Lipinski definition) is 0. The third-order valence-corrected chi connectivity index (χ3v) is 1.94. The molecule has 1 heteroatoms. The molecule has 0 bridgehead atoms. The van der Waals surface area contributed by atoms with E-state index in [-0.39, 0.29) is 5.92 Å². The highest BCUT2D eigenvalue weighted by molar-refractivity contribution is 6.30. The molecule has 1 unspecified atom stereocenters. The van der Waals surface area contributed by atoms with Crippen LogP contribution in [0.5, 0.6) is 0 Å². The Morgan fingerprint density at radius 2 is 1.82 bits per heavy atom. The van der Waals surface area contributed by atoms with Crippen molar-refractivity contribution in [3.63, 3.8) is 0 Å². The zero-order valence-corrected chi connectivity index (χ0v) is 7.14. The molecule has 0 nitrogen and oxygen atoms in total. The lowest BCUT2D eigenvalue weighted by Crippen LogP contribution is -1.89. The molecule has 0 fully saturated rings. The highest BCUT2D eigenvalue weighted by Crippen LogP contribution is 2.19. The van der Waals surface area contributed by atoms with Crippen LogP contribution in [0, 0.1) is 13.8 Å². The van der Waals surface area contributed by atoms with Gasteiger partial charge in [-0.15, -0.1) is 0 Å². The van der Waals surface area contributed by atoms with E-state index in [2.05, 4.69) is 13.8 Å². The Morgan fingerprint density at radius 1 is 1.27 bits per heavy atom. The molecule has 11 heavy (non-hydrogen) atoms. The average Bonchev–Trinajstić information content (AvgIpc) is 2.05. The highest BCUT2D eigenvalue weighted by Gasteiger charge is 2.00. The number of halogens is 1. The van der Waals surface area contributed by atoms with Gasteiger partial charge in [0.25, 0.3) is 0 Å². The minimum atomic E-state index is 0.285. The van der Waals surface area contributed by atoms with Gasteiger partial charge in [-0.05, 0) is 37.0 Å². The lowest BCUT2D eigenvalue weighted by molar-refractivity contribution is 0.857. The second kappa shape index (κ2) is 3.77. The van der Waals surface area contributed by atoms with Gasteiger partial charge in [-0.2, -0.15) is 0 Å². The van der Waals surface area contributed by atoms with Crippen LogP contribution in [0.1, 0.15) is 17.9 Å². The van der Waals surface area contributed by atoms with Gasteiger partial charge in [0.1, 0.15) is 0 Å². The van der Waals surface area contributed by atoms with Crippen LogP contribution in [0.15, 0.2) is 24.3 Å². The molecule has 0 aliphatic carbocycles. The fourth-order valence-electron chi connectivity index (χ4n) is 0.902. The summed E-state index contributed by atoms with van der Waals surface area (Å²) >= 11 is 5.72. The smallest absolute Gasteiger partial charge is 0.0406 e. The summed E-state index contributed by atoms with van der Waals surface area (Å²) in [5.41, 5.74) is 1.20. The minimum Gasteiger partial charge on any atom is -0.0843 e. The number of benzene rings is 1. The summed E-state index contributed by atoms with van der Waals surface area (Å²) in [6, 6.07) is 7.74. The molecular weight excluding hydrogens is 156 g/mol. The topological polar surface area (TPSA) is 0 Å². The predicted octanol–water partition coefficient (Wildman–Crippen LogP) is 3.48. The van der Waals surface area contributed by atoms with Crippen molar-refractivity contribution in [1.82, 2.24) is 0 Å². The van der Waals surface area contributed by atoms with Crippen LogP contribution in [0.3, 0.4) is 0 Å². The molecule has 0 aromatic heterocycles. The van der Waals surface area contributed by atoms with Crippen LogP contribution in [-0.2, 0) is 0 Å². The van der Waals surface area contributed by atoms with Crippen molar-refractivity contribution in [2.75, 3.05) is 0 Å². The first-order valence-electron chi connectivity index (χ1n) is 3.62. The maximum absolute atomic E-state index is 5.72. The third kappa shape index (κ3) is 2.23. The van der Waals surface area contributed by atoms with Crippen molar-refractivity contribution in [2.24, 2.45) is 0 Å². The van der Waals surface area contributed by atoms with E-state index in [0.717, 1.165) is 11.4 Å². The second-order valence-electron chi connectivity index (χ2n) is 2.54. The van der Waals surface area contributed by atoms with Crippen LogP contribution in [0.4, 0.5) is 0 Å². The summed E-state index contributed by atoms with van der Waals surface area (Å²) in [4.78, 5) is 0.